The van der Waals surface area contributed by atoms with Crippen LogP contribution >= 0.6 is 11.8 Å². The number of ether oxygens (including phenoxy) is 1. The summed E-state index contributed by atoms with van der Waals surface area (Å²) in [4.78, 5) is 27.9. The monoisotopic (exact) mass is 520 g/mol. The second-order valence-electron chi connectivity index (χ2n) is 8.74. The number of benzene rings is 1. The highest BCUT2D eigenvalue weighted by Crippen LogP contribution is 2.29. The fourth-order valence-electron chi connectivity index (χ4n) is 4.19. The fourth-order valence-corrected chi connectivity index (χ4v) is 4.96. The smallest absolute Gasteiger partial charge is 0.232 e. The fraction of sp³-hybridized carbons (Fsp3) is 0.333. The highest BCUT2D eigenvalue weighted by atomic mass is 32.2. The van der Waals surface area contributed by atoms with Crippen molar-refractivity contribution in [2.75, 3.05) is 54.5 Å². The molecule has 13 heteroatoms. The lowest BCUT2D eigenvalue weighted by atomic mass is 10.2. The van der Waals surface area contributed by atoms with Gasteiger partial charge in [-0.3, -0.25) is 4.68 Å². The maximum Gasteiger partial charge on any atom is 0.232 e. The van der Waals surface area contributed by atoms with Crippen molar-refractivity contribution in [3.8, 4) is 0 Å². The summed E-state index contributed by atoms with van der Waals surface area (Å²) >= 11 is 1.31. The Morgan fingerprint density at radius 3 is 2.38 bits per heavy atom. The highest BCUT2D eigenvalue weighted by molar-refractivity contribution is 7.99. The maximum atomic E-state index is 13.9. The van der Waals surface area contributed by atoms with E-state index in [0.29, 0.717) is 36.0 Å². The summed E-state index contributed by atoms with van der Waals surface area (Å²) in [5.74, 6) is 1.50. The van der Waals surface area contributed by atoms with Crippen LogP contribution in [0, 0.1) is 12.7 Å². The second-order valence-corrected chi connectivity index (χ2v) is 9.85. The van der Waals surface area contributed by atoms with E-state index >= 15 is 0 Å². The van der Waals surface area contributed by atoms with Crippen molar-refractivity contribution in [2.45, 2.75) is 22.8 Å². The summed E-state index contributed by atoms with van der Waals surface area (Å²) in [6, 6.07) is 6.96. The number of anilines is 4. The Hall–Kier alpha value is -3.84. The van der Waals surface area contributed by atoms with Gasteiger partial charge in [0, 0.05) is 48.4 Å². The van der Waals surface area contributed by atoms with Crippen molar-refractivity contribution in [1.82, 2.24) is 34.7 Å². The standard InChI is InChI=1S/C24H25FN10OS/c1-16-20(12-30-35(16)17-13-36-14-17)31-22-28-15-29-24(32-22)34-8-6-33(7-9-34)23-26-10-18(11-27-23)37-21-5-3-2-4-19(21)25/h2-5,10-12,15,17H,6-9,13-14H2,1H3,(H,28,29,31,32). The van der Waals surface area contributed by atoms with E-state index in [0.717, 1.165) is 42.5 Å². The van der Waals surface area contributed by atoms with Crippen LogP contribution in [-0.4, -0.2) is 74.1 Å². The lowest BCUT2D eigenvalue weighted by Crippen LogP contribution is -2.47. The van der Waals surface area contributed by atoms with Crippen LogP contribution in [0.25, 0.3) is 0 Å². The zero-order valence-electron chi connectivity index (χ0n) is 20.2. The average Bonchev–Trinajstić information content (AvgIpc) is 3.24. The van der Waals surface area contributed by atoms with E-state index in [4.69, 9.17) is 4.74 Å². The summed E-state index contributed by atoms with van der Waals surface area (Å²) < 4.78 is 21.2. The van der Waals surface area contributed by atoms with Gasteiger partial charge >= 0.3 is 0 Å². The van der Waals surface area contributed by atoms with Crippen LogP contribution < -0.4 is 15.1 Å². The van der Waals surface area contributed by atoms with Crippen LogP contribution in [0.15, 0.2) is 59.0 Å². The third kappa shape index (κ3) is 5.04. The molecule has 0 saturated carbocycles. The molecule has 37 heavy (non-hydrogen) atoms. The Bertz CT molecular complexity index is 1370. The first-order chi connectivity index (χ1) is 18.1. The van der Waals surface area contributed by atoms with Crippen molar-refractivity contribution < 1.29 is 9.13 Å². The summed E-state index contributed by atoms with van der Waals surface area (Å²) in [7, 11) is 0. The largest absolute Gasteiger partial charge is 0.377 e. The van der Waals surface area contributed by atoms with Gasteiger partial charge in [-0.25, -0.2) is 24.3 Å². The van der Waals surface area contributed by atoms with Gasteiger partial charge in [0.2, 0.25) is 17.8 Å². The Morgan fingerprint density at radius 1 is 0.946 bits per heavy atom. The van der Waals surface area contributed by atoms with Crippen LogP contribution in [-0.2, 0) is 4.74 Å². The molecule has 0 radical (unpaired) electrons. The first kappa shape index (κ1) is 23.6. The van der Waals surface area contributed by atoms with E-state index < -0.39 is 0 Å². The van der Waals surface area contributed by atoms with Crippen molar-refractivity contribution in [3.63, 3.8) is 0 Å². The predicted octanol–water partition coefficient (Wildman–Crippen LogP) is 3.10. The SMILES string of the molecule is Cc1c(Nc2ncnc(N3CCN(c4ncc(Sc5ccccc5F)cn4)CC3)n2)cnn1C1COC1. The minimum atomic E-state index is -0.252. The molecule has 3 aromatic heterocycles. The topological polar surface area (TPSA) is 110 Å². The molecule has 190 valence electrons. The van der Waals surface area contributed by atoms with E-state index in [1.165, 1.54) is 24.2 Å². The molecule has 2 aliphatic rings. The summed E-state index contributed by atoms with van der Waals surface area (Å²) in [6.45, 7) is 6.28. The number of nitrogens with zero attached hydrogens (tertiary/aromatic N) is 9. The van der Waals surface area contributed by atoms with Crippen LogP contribution in [0.2, 0.25) is 0 Å². The number of nitrogens with one attached hydrogen (secondary N) is 1. The zero-order chi connectivity index (χ0) is 25.2. The van der Waals surface area contributed by atoms with Gasteiger partial charge in [0.15, 0.2) is 0 Å². The van der Waals surface area contributed by atoms with E-state index in [2.05, 4.69) is 45.1 Å². The molecule has 0 spiro atoms. The van der Waals surface area contributed by atoms with Gasteiger partial charge < -0.3 is 19.9 Å². The lowest BCUT2D eigenvalue weighted by molar-refractivity contribution is -0.0294. The van der Waals surface area contributed by atoms with Gasteiger partial charge in [-0.15, -0.1) is 0 Å². The molecule has 0 atom stereocenters. The van der Waals surface area contributed by atoms with Gasteiger partial charge in [-0.1, -0.05) is 23.9 Å². The number of hydrogen-bond acceptors (Lipinski definition) is 11. The first-order valence-corrected chi connectivity index (χ1v) is 12.8. The van der Waals surface area contributed by atoms with Crippen molar-refractivity contribution in [1.29, 1.82) is 0 Å². The van der Waals surface area contributed by atoms with Gasteiger partial charge in [0.25, 0.3) is 0 Å². The summed E-state index contributed by atoms with van der Waals surface area (Å²) in [5.41, 5.74) is 1.88. The molecule has 1 aromatic carbocycles. The number of rotatable bonds is 7. The number of piperazine rings is 1. The molecular weight excluding hydrogens is 495 g/mol. The average molecular weight is 521 g/mol. The number of hydrogen-bond donors (Lipinski definition) is 1. The molecule has 4 aromatic rings. The van der Waals surface area contributed by atoms with Crippen LogP contribution in [0.3, 0.4) is 0 Å². The van der Waals surface area contributed by atoms with E-state index in [1.54, 1.807) is 30.7 Å². The van der Waals surface area contributed by atoms with Gasteiger partial charge in [0.05, 0.1) is 36.8 Å². The van der Waals surface area contributed by atoms with E-state index in [1.807, 2.05) is 17.7 Å². The Labute approximate surface area is 217 Å². The third-order valence-electron chi connectivity index (χ3n) is 6.34. The van der Waals surface area contributed by atoms with E-state index in [9.17, 15) is 4.39 Å². The molecule has 0 amide bonds. The number of halogens is 1. The Morgan fingerprint density at radius 2 is 1.68 bits per heavy atom. The van der Waals surface area contributed by atoms with Gasteiger partial charge in [-0.05, 0) is 19.1 Å². The minimum absolute atomic E-state index is 0.252. The van der Waals surface area contributed by atoms with E-state index in [-0.39, 0.29) is 11.9 Å². The molecule has 2 aliphatic heterocycles. The molecule has 11 nitrogen and oxygen atoms in total. The molecular formula is C24H25FN10OS. The highest BCUT2D eigenvalue weighted by Gasteiger charge is 2.24. The lowest BCUT2D eigenvalue weighted by Gasteiger charge is -2.34. The Kier molecular flexibility index (Phi) is 6.53. The summed E-state index contributed by atoms with van der Waals surface area (Å²) in [5, 5.41) is 7.74. The molecule has 0 unspecified atom stereocenters. The summed E-state index contributed by atoms with van der Waals surface area (Å²) in [6.07, 6.45) is 6.78. The third-order valence-corrected chi connectivity index (χ3v) is 7.34. The molecule has 1 N–H and O–H groups in total. The number of aromatic nitrogens is 7. The van der Waals surface area contributed by atoms with Gasteiger partial charge in [-0.2, -0.15) is 10.1 Å². The van der Waals surface area contributed by atoms with Crippen molar-refractivity contribution >= 4 is 35.3 Å². The molecule has 0 bridgehead atoms. The van der Waals surface area contributed by atoms with Crippen LogP contribution in [0.1, 0.15) is 11.7 Å². The minimum Gasteiger partial charge on any atom is -0.377 e. The molecule has 2 saturated heterocycles. The maximum absolute atomic E-state index is 13.9. The quantitative estimate of drug-likeness (QED) is 0.388. The Balaban J connectivity index is 1.06. The van der Waals surface area contributed by atoms with Crippen molar-refractivity contribution in [3.05, 3.63) is 60.7 Å². The molecule has 0 aliphatic carbocycles. The van der Waals surface area contributed by atoms with Crippen LogP contribution in [0.4, 0.5) is 27.9 Å². The second kappa shape index (κ2) is 10.3. The van der Waals surface area contributed by atoms with Crippen LogP contribution in [0.5, 0.6) is 0 Å². The van der Waals surface area contributed by atoms with Gasteiger partial charge in [0.1, 0.15) is 12.1 Å². The predicted molar refractivity (Wildman–Crippen MR) is 137 cm³/mol. The van der Waals surface area contributed by atoms with Crippen molar-refractivity contribution in [2.24, 2.45) is 0 Å². The molecule has 6 rings (SSSR count). The molecule has 5 heterocycles. The first-order valence-electron chi connectivity index (χ1n) is 12.0. The zero-order valence-corrected chi connectivity index (χ0v) is 21.0. The normalized spacial score (nSPS) is 16.1. The molecule has 2 fully saturated rings.